The first kappa shape index (κ1) is 23.1. The summed E-state index contributed by atoms with van der Waals surface area (Å²) in [6.07, 6.45) is 2.75. The molecule has 3 heterocycles. The van der Waals surface area contributed by atoms with E-state index in [1.807, 2.05) is 0 Å². The first-order chi connectivity index (χ1) is 15.5. The van der Waals surface area contributed by atoms with E-state index >= 15 is 0 Å². The predicted molar refractivity (Wildman–Crippen MR) is 121 cm³/mol. The topological polar surface area (TPSA) is 123 Å². The fourth-order valence-electron chi connectivity index (χ4n) is 3.09. The number of halogens is 3. The van der Waals surface area contributed by atoms with Gasteiger partial charge in [0.1, 0.15) is 15.9 Å². The highest BCUT2D eigenvalue weighted by atomic mass is 35.5. The van der Waals surface area contributed by atoms with Crippen LogP contribution in [-0.4, -0.2) is 33.7 Å². The van der Waals surface area contributed by atoms with Crippen molar-refractivity contribution in [2.24, 2.45) is 0 Å². The molecule has 9 nitrogen and oxygen atoms in total. The lowest BCUT2D eigenvalue weighted by Crippen LogP contribution is -2.34. The van der Waals surface area contributed by atoms with Gasteiger partial charge in [0.05, 0.1) is 27.5 Å². The molecule has 1 aliphatic rings. The van der Waals surface area contributed by atoms with Gasteiger partial charge in [0.25, 0.3) is 15.6 Å². The van der Waals surface area contributed by atoms with Gasteiger partial charge in [-0.15, -0.1) is 11.6 Å². The van der Waals surface area contributed by atoms with Crippen LogP contribution in [0.4, 0.5) is 19.3 Å². The molecule has 1 aromatic carbocycles. The van der Waals surface area contributed by atoms with Crippen LogP contribution in [0.3, 0.4) is 0 Å². The third kappa shape index (κ3) is 4.70. The normalized spacial score (nSPS) is 16.0. The number of fused-ring (bicyclic) bond motifs is 1. The van der Waals surface area contributed by atoms with Gasteiger partial charge in [-0.2, -0.15) is 0 Å². The second-order valence-electron chi connectivity index (χ2n) is 6.84. The van der Waals surface area contributed by atoms with E-state index in [1.54, 1.807) is 4.72 Å². The fraction of sp³-hybridized carbons (Fsp3) is 0.158. The Morgan fingerprint density at radius 1 is 1.30 bits per heavy atom. The highest BCUT2D eigenvalue weighted by molar-refractivity contribution is 8.19. The second kappa shape index (κ2) is 8.72. The molecular formula is C19H14ClF2N5O4S2. The molecule has 0 aliphatic carbocycles. The summed E-state index contributed by atoms with van der Waals surface area (Å²) in [5.74, 6) is -1.97. The summed E-state index contributed by atoms with van der Waals surface area (Å²) in [5.41, 5.74) is -0.659. The number of aryl methyl sites for hydroxylation is 1. The molecule has 0 spiro atoms. The molecule has 1 atom stereocenters. The van der Waals surface area contributed by atoms with E-state index in [0.29, 0.717) is 6.42 Å². The fourth-order valence-corrected chi connectivity index (χ4v) is 5.96. The van der Waals surface area contributed by atoms with Gasteiger partial charge in [-0.05, 0) is 31.5 Å². The standard InChI is InChI=1S/C19H14ClF2N5O4S2/c1-9-24-14-3-2-10(21)6-12(14)18(28)27(9)17-13(22)7-11(8-23-17)25-19(29)26-33(30,31)16-5-4-15(20)32-16/h2-3,5-8,15H,4H2,1H3,(H2,25,26,29). The van der Waals surface area contributed by atoms with Crippen molar-refractivity contribution in [2.75, 3.05) is 5.32 Å². The van der Waals surface area contributed by atoms with E-state index < -0.39 is 43.8 Å². The van der Waals surface area contributed by atoms with Crippen molar-refractivity contribution < 1.29 is 22.0 Å². The van der Waals surface area contributed by atoms with E-state index in [0.717, 1.165) is 40.7 Å². The van der Waals surface area contributed by atoms with Gasteiger partial charge in [-0.25, -0.2) is 41.3 Å². The number of alkyl halides is 1. The zero-order valence-corrected chi connectivity index (χ0v) is 19.1. The lowest BCUT2D eigenvalue weighted by molar-refractivity contribution is 0.256. The zero-order chi connectivity index (χ0) is 23.9. The number of aromatic nitrogens is 3. The Hall–Kier alpha value is -3.03. The summed E-state index contributed by atoms with van der Waals surface area (Å²) >= 11 is 6.73. The van der Waals surface area contributed by atoms with Crippen molar-refractivity contribution in [3.8, 4) is 5.82 Å². The van der Waals surface area contributed by atoms with Crippen LogP contribution in [0.15, 0.2) is 45.6 Å². The maximum Gasteiger partial charge on any atom is 0.333 e. The first-order valence-electron chi connectivity index (χ1n) is 9.24. The number of amides is 2. The lowest BCUT2D eigenvalue weighted by Gasteiger charge is -2.12. The van der Waals surface area contributed by atoms with Gasteiger partial charge in [0.2, 0.25) is 0 Å². The number of anilines is 1. The number of allylic oxidation sites excluding steroid dienone is 1. The molecule has 0 saturated heterocycles. The molecule has 4 rings (SSSR count). The number of sulfonamides is 1. The monoisotopic (exact) mass is 513 g/mol. The smallest absolute Gasteiger partial charge is 0.306 e. The van der Waals surface area contributed by atoms with E-state index in [1.165, 1.54) is 19.1 Å². The van der Waals surface area contributed by atoms with E-state index in [9.17, 15) is 26.8 Å². The molecule has 0 radical (unpaired) electrons. The van der Waals surface area contributed by atoms with Crippen molar-refractivity contribution in [1.29, 1.82) is 0 Å². The molecule has 0 saturated carbocycles. The second-order valence-corrected chi connectivity index (χ2v) is 10.8. The van der Waals surface area contributed by atoms with Crippen LogP contribution in [0.1, 0.15) is 12.2 Å². The van der Waals surface area contributed by atoms with Gasteiger partial charge in [0.15, 0.2) is 11.6 Å². The van der Waals surface area contributed by atoms with Crippen molar-refractivity contribution in [3.63, 3.8) is 0 Å². The highest BCUT2D eigenvalue weighted by Crippen LogP contribution is 2.37. The number of hydrogen-bond acceptors (Lipinski definition) is 7. The quantitative estimate of drug-likeness (QED) is 0.513. The van der Waals surface area contributed by atoms with E-state index in [2.05, 4.69) is 15.3 Å². The molecule has 1 aliphatic heterocycles. The molecule has 3 aromatic rings. The Bertz CT molecular complexity index is 1490. The number of urea groups is 1. The molecule has 2 amide bonds. The van der Waals surface area contributed by atoms with Crippen LogP contribution in [0.2, 0.25) is 0 Å². The van der Waals surface area contributed by atoms with Gasteiger partial charge < -0.3 is 5.32 Å². The van der Waals surface area contributed by atoms with Crippen LogP contribution in [-0.2, 0) is 10.0 Å². The Balaban J connectivity index is 1.59. The average molecular weight is 514 g/mol. The number of carbonyl (C=O) groups excluding carboxylic acids is 1. The zero-order valence-electron chi connectivity index (χ0n) is 16.7. The van der Waals surface area contributed by atoms with Crippen LogP contribution in [0.5, 0.6) is 0 Å². The summed E-state index contributed by atoms with van der Waals surface area (Å²) in [7, 11) is -4.13. The highest BCUT2D eigenvalue weighted by Gasteiger charge is 2.28. The maximum absolute atomic E-state index is 14.8. The van der Waals surface area contributed by atoms with Crippen molar-refractivity contribution in [3.05, 3.63) is 68.6 Å². The van der Waals surface area contributed by atoms with E-state index in [-0.39, 0.29) is 26.7 Å². The molecule has 14 heteroatoms. The van der Waals surface area contributed by atoms with Crippen molar-refractivity contribution in [1.82, 2.24) is 19.3 Å². The number of nitrogens with zero attached hydrogens (tertiary/aromatic N) is 3. The largest absolute Gasteiger partial charge is 0.333 e. The summed E-state index contributed by atoms with van der Waals surface area (Å²) in [4.78, 5) is 32.9. The van der Waals surface area contributed by atoms with Crippen LogP contribution in [0.25, 0.3) is 16.7 Å². The van der Waals surface area contributed by atoms with Gasteiger partial charge in [0, 0.05) is 6.07 Å². The summed E-state index contributed by atoms with van der Waals surface area (Å²) in [6.45, 7) is 1.46. The Morgan fingerprint density at radius 3 is 2.73 bits per heavy atom. The van der Waals surface area contributed by atoms with Crippen molar-refractivity contribution >= 4 is 56.0 Å². The van der Waals surface area contributed by atoms with Crippen LogP contribution in [0, 0.1) is 18.6 Å². The minimum absolute atomic E-state index is 0.0631. The third-order valence-corrected chi connectivity index (χ3v) is 7.89. The number of hydrogen-bond donors (Lipinski definition) is 2. The molecule has 2 N–H and O–H groups in total. The number of pyridine rings is 1. The first-order valence-corrected chi connectivity index (χ1v) is 12.0. The Morgan fingerprint density at radius 2 is 2.06 bits per heavy atom. The molecule has 172 valence electrons. The molecule has 1 unspecified atom stereocenters. The number of rotatable bonds is 4. The maximum atomic E-state index is 14.8. The minimum Gasteiger partial charge on any atom is -0.306 e. The van der Waals surface area contributed by atoms with E-state index in [4.69, 9.17) is 11.6 Å². The molecule has 2 aromatic heterocycles. The molecule has 0 bridgehead atoms. The molecule has 33 heavy (non-hydrogen) atoms. The molecular weight excluding hydrogens is 500 g/mol. The van der Waals surface area contributed by atoms with Crippen LogP contribution < -0.4 is 15.6 Å². The number of thioether (sulfide) groups is 1. The summed E-state index contributed by atoms with van der Waals surface area (Å²) in [5, 5.41) is 2.10. The number of carbonyl (C=O) groups is 1. The van der Waals surface area contributed by atoms with Gasteiger partial charge >= 0.3 is 6.03 Å². The van der Waals surface area contributed by atoms with Gasteiger partial charge in [-0.3, -0.25) is 4.79 Å². The number of nitrogens with one attached hydrogen (secondary N) is 2. The third-order valence-electron chi connectivity index (χ3n) is 4.50. The predicted octanol–water partition coefficient (Wildman–Crippen LogP) is 3.36. The summed E-state index contributed by atoms with van der Waals surface area (Å²) in [6, 6.07) is 3.19. The summed E-state index contributed by atoms with van der Waals surface area (Å²) < 4.78 is 54.9. The minimum atomic E-state index is -4.13. The lowest BCUT2D eigenvalue weighted by atomic mass is 10.2. The Kier molecular flexibility index (Phi) is 6.12. The molecule has 0 fully saturated rings. The average Bonchev–Trinajstić information content (AvgIpc) is 3.17. The van der Waals surface area contributed by atoms with Crippen LogP contribution >= 0.6 is 23.4 Å². The van der Waals surface area contributed by atoms with Gasteiger partial charge in [-0.1, -0.05) is 17.8 Å². The van der Waals surface area contributed by atoms with Crippen molar-refractivity contribution in [2.45, 2.75) is 18.1 Å². The number of benzene rings is 1. The Labute approximate surface area is 194 Å². The SMILES string of the molecule is Cc1nc2ccc(F)cc2c(=O)n1-c1ncc(NC(=O)NS(=O)(=O)C2=CCC(Cl)S2)cc1F.